The van der Waals surface area contributed by atoms with Crippen molar-refractivity contribution in [1.29, 1.82) is 0 Å². The molecular formula is C17H16BrFN2O2. The highest BCUT2D eigenvalue weighted by molar-refractivity contribution is 9.10. The fourth-order valence-corrected chi connectivity index (χ4v) is 2.15. The molecule has 0 radical (unpaired) electrons. The molecule has 0 aromatic heterocycles. The first-order valence-electron chi connectivity index (χ1n) is 6.93. The lowest BCUT2D eigenvalue weighted by atomic mass is 9.90. The Kier molecular flexibility index (Phi) is 5.15. The molecule has 0 aliphatic heterocycles. The molecule has 2 N–H and O–H groups in total. The number of halogens is 2. The van der Waals surface area contributed by atoms with Gasteiger partial charge in [0.25, 0.3) is 0 Å². The lowest BCUT2D eigenvalue weighted by Gasteiger charge is -2.23. The first-order chi connectivity index (χ1) is 10.8. The van der Waals surface area contributed by atoms with E-state index in [2.05, 4.69) is 26.6 Å². The summed E-state index contributed by atoms with van der Waals surface area (Å²) in [5, 5.41) is 5.33. The number of anilines is 2. The van der Waals surface area contributed by atoms with Crippen molar-refractivity contribution in [2.75, 3.05) is 10.6 Å². The Balaban J connectivity index is 2.10. The molecule has 0 atom stereocenters. The molecule has 0 aliphatic rings. The Morgan fingerprint density at radius 3 is 2.13 bits per heavy atom. The molecule has 0 spiro atoms. The van der Waals surface area contributed by atoms with Crippen molar-refractivity contribution in [1.82, 2.24) is 0 Å². The van der Waals surface area contributed by atoms with Gasteiger partial charge in [-0.1, -0.05) is 12.1 Å². The zero-order valence-electron chi connectivity index (χ0n) is 12.7. The molecule has 0 heterocycles. The molecule has 0 saturated heterocycles. The molecule has 0 fully saturated rings. The smallest absolute Gasteiger partial charge is 0.239 e. The summed E-state index contributed by atoms with van der Waals surface area (Å²) in [7, 11) is 0. The van der Waals surface area contributed by atoms with Gasteiger partial charge in [-0.05, 0) is 66.2 Å². The summed E-state index contributed by atoms with van der Waals surface area (Å²) in [4.78, 5) is 24.8. The summed E-state index contributed by atoms with van der Waals surface area (Å²) in [5.41, 5.74) is -0.290. The van der Waals surface area contributed by atoms with Crippen molar-refractivity contribution >= 4 is 39.1 Å². The number of hydrogen-bond acceptors (Lipinski definition) is 2. The third-order valence-corrected chi connectivity index (χ3v) is 4.05. The Labute approximate surface area is 142 Å². The van der Waals surface area contributed by atoms with E-state index in [4.69, 9.17) is 0 Å². The molecule has 4 nitrogen and oxygen atoms in total. The van der Waals surface area contributed by atoms with Crippen LogP contribution >= 0.6 is 15.9 Å². The van der Waals surface area contributed by atoms with Crippen LogP contribution in [0.3, 0.4) is 0 Å². The van der Waals surface area contributed by atoms with Crippen LogP contribution in [0.1, 0.15) is 13.8 Å². The van der Waals surface area contributed by atoms with Crippen molar-refractivity contribution in [2.24, 2.45) is 5.41 Å². The normalized spacial score (nSPS) is 11.0. The minimum atomic E-state index is -1.30. The van der Waals surface area contributed by atoms with E-state index in [-0.39, 0.29) is 0 Å². The number of rotatable bonds is 4. The van der Waals surface area contributed by atoms with Gasteiger partial charge in [-0.2, -0.15) is 0 Å². The van der Waals surface area contributed by atoms with Crippen molar-refractivity contribution in [3.8, 4) is 0 Å². The maximum absolute atomic E-state index is 12.9. The Bertz CT molecular complexity index is 730. The maximum Gasteiger partial charge on any atom is 0.239 e. The molecule has 2 rings (SSSR count). The summed E-state index contributed by atoms with van der Waals surface area (Å²) in [5.74, 6) is -1.31. The monoisotopic (exact) mass is 378 g/mol. The predicted octanol–water partition coefficient (Wildman–Crippen LogP) is 4.19. The molecule has 0 saturated carbocycles. The highest BCUT2D eigenvalue weighted by Crippen LogP contribution is 2.25. The number of carbonyl (C=O) groups is 2. The average Bonchev–Trinajstić information content (AvgIpc) is 2.51. The Morgan fingerprint density at radius 2 is 1.52 bits per heavy atom. The third kappa shape index (κ3) is 4.16. The van der Waals surface area contributed by atoms with Gasteiger partial charge in [-0.15, -0.1) is 0 Å². The molecule has 6 heteroatoms. The quantitative estimate of drug-likeness (QED) is 0.783. The molecule has 23 heavy (non-hydrogen) atoms. The summed E-state index contributed by atoms with van der Waals surface area (Å²) in [6, 6.07) is 12.5. The molecule has 2 amide bonds. The molecule has 0 bridgehead atoms. The zero-order valence-corrected chi connectivity index (χ0v) is 14.3. The minimum absolute atomic E-state index is 0.395. The SMILES string of the molecule is CC(C)(C(=O)Nc1ccc(F)cc1)C(=O)Nc1ccccc1Br. The van der Waals surface area contributed by atoms with Crippen LogP contribution in [0.15, 0.2) is 53.0 Å². The Hall–Kier alpha value is -2.21. The zero-order chi connectivity index (χ0) is 17.0. The largest absolute Gasteiger partial charge is 0.325 e. The van der Waals surface area contributed by atoms with E-state index in [0.29, 0.717) is 11.4 Å². The highest BCUT2D eigenvalue weighted by Gasteiger charge is 2.36. The lowest BCUT2D eigenvalue weighted by Crippen LogP contribution is -2.41. The fourth-order valence-electron chi connectivity index (χ4n) is 1.76. The molecule has 0 aliphatic carbocycles. The first kappa shape index (κ1) is 17.1. The van der Waals surface area contributed by atoms with Crippen LogP contribution in [0, 0.1) is 11.2 Å². The number of amides is 2. The van der Waals surface area contributed by atoms with Gasteiger partial charge in [-0.25, -0.2) is 4.39 Å². The van der Waals surface area contributed by atoms with Crippen LogP contribution in [-0.2, 0) is 9.59 Å². The van der Waals surface area contributed by atoms with Crippen LogP contribution < -0.4 is 10.6 Å². The van der Waals surface area contributed by atoms with Gasteiger partial charge in [0.2, 0.25) is 11.8 Å². The van der Waals surface area contributed by atoms with E-state index in [1.54, 1.807) is 18.2 Å². The molecule has 2 aromatic carbocycles. The third-order valence-electron chi connectivity index (χ3n) is 3.36. The van der Waals surface area contributed by atoms with Crippen molar-refractivity contribution in [3.63, 3.8) is 0 Å². The van der Waals surface area contributed by atoms with Gasteiger partial charge in [0.15, 0.2) is 0 Å². The van der Waals surface area contributed by atoms with Gasteiger partial charge in [0.05, 0.1) is 5.69 Å². The number of nitrogens with one attached hydrogen (secondary N) is 2. The van der Waals surface area contributed by atoms with E-state index in [9.17, 15) is 14.0 Å². The van der Waals surface area contributed by atoms with E-state index < -0.39 is 23.0 Å². The summed E-state index contributed by atoms with van der Waals surface area (Å²) >= 11 is 3.34. The number of hydrogen-bond donors (Lipinski definition) is 2. The molecular weight excluding hydrogens is 363 g/mol. The summed E-state index contributed by atoms with van der Waals surface area (Å²) in [6.45, 7) is 3.05. The number of para-hydroxylation sites is 1. The molecule has 0 unspecified atom stereocenters. The second-order valence-electron chi connectivity index (χ2n) is 5.52. The molecule has 2 aromatic rings. The standard InChI is InChI=1S/C17H16BrFN2O2/c1-17(2,15(22)20-12-9-7-11(19)8-10-12)16(23)21-14-6-4-3-5-13(14)18/h3-10H,1-2H3,(H,20,22)(H,21,23). The minimum Gasteiger partial charge on any atom is -0.325 e. The number of benzene rings is 2. The summed E-state index contributed by atoms with van der Waals surface area (Å²) in [6.07, 6.45) is 0. The lowest BCUT2D eigenvalue weighted by molar-refractivity contribution is -0.135. The van der Waals surface area contributed by atoms with Crippen molar-refractivity contribution in [2.45, 2.75) is 13.8 Å². The van der Waals surface area contributed by atoms with Gasteiger partial charge in [0, 0.05) is 10.2 Å². The van der Waals surface area contributed by atoms with Crippen molar-refractivity contribution < 1.29 is 14.0 Å². The maximum atomic E-state index is 12.9. The second-order valence-corrected chi connectivity index (χ2v) is 6.37. The number of carbonyl (C=O) groups excluding carboxylic acids is 2. The first-order valence-corrected chi connectivity index (χ1v) is 7.73. The van der Waals surface area contributed by atoms with Crippen LogP contribution in [0.25, 0.3) is 0 Å². The van der Waals surface area contributed by atoms with Crippen molar-refractivity contribution in [3.05, 3.63) is 58.8 Å². The van der Waals surface area contributed by atoms with E-state index in [0.717, 1.165) is 4.47 Å². The average molecular weight is 379 g/mol. The van der Waals surface area contributed by atoms with Crippen LogP contribution in [0.2, 0.25) is 0 Å². The Morgan fingerprint density at radius 1 is 0.957 bits per heavy atom. The predicted molar refractivity (Wildman–Crippen MR) is 91.6 cm³/mol. The van der Waals surface area contributed by atoms with E-state index >= 15 is 0 Å². The van der Waals surface area contributed by atoms with Crippen LogP contribution in [-0.4, -0.2) is 11.8 Å². The van der Waals surface area contributed by atoms with E-state index in [1.165, 1.54) is 38.1 Å². The van der Waals surface area contributed by atoms with E-state index in [1.807, 2.05) is 6.07 Å². The fraction of sp³-hybridized carbons (Fsp3) is 0.176. The summed E-state index contributed by atoms with van der Waals surface area (Å²) < 4.78 is 13.6. The molecule has 120 valence electrons. The second kappa shape index (κ2) is 6.91. The van der Waals surface area contributed by atoms with Gasteiger partial charge < -0.3 is 10.6 Å². The van der Waals surface area contributed by atoms with Crippen LogP contribution in [0.4, 0.5) is 15.8 Å². The highest BCUT2D eigenvalue weighted by atomic mass is 79.9. The van der Waals surface area contributed by atoms with Crippen LogP contribution in [0.5, 0.6) is 0 Å². The van der Waals surface area contributed by atoms with Gasteiger partial charge in [-0.3, -0.25) is 9.59 Å². The van der Waals surface area contributed by atoms with Gasteiger partial charge >= 0.3 is 0 Å². The van der Waals surface area contributed by atoms with Gasteiger partial charge in [0.1, 0.15) is 11.2 Å². The topological polar surface area (TPSA) is 58.2 Å².